The van der Waals surface area contributed by atoms with Crippen LogP contribution in [0, 0.1) is 5.82 Å². The maximum absolute atomic E-state index is 13.5. The van der Waals surface area contributed by atoms with E-state index in [4.69, 9.17) is 28.9 Å². The summed E-state index contributed by atoms with van der Waals surface area (Å²) >= 11 is 11.3. The predicted molar refractivity (Wildman–Crippen MR) is 97.0 cm³/mol. The van der Waals surface area contributed by atoms with Gasteiger partial charge in [0.25, 0.3) is 0 Å². The lowest BCUT2D eigenvalue weighted by atomic mass is 9.97. The number of H-pyrrole nitrogens is 1. The molecule has 3 aromatic rings. The fourth-order valence-electron chi connectivity index (χ4n) is 2.65. The highest BCUT2D eigenvalue weighted by atomic mass is 35.5. The first kappa shape index (κ1) is 18.6. The number of rotatable bonds is 3. The van der Waals surface area contributed by atoms with Crippen molar-refractivity contribution in [1.29, 1.82) is 0 Å². The maximum atomic E-state index is 13.5. The Hall–Kier alpha value is -2.18. The van der Waals surface area contributed by atoms with E-state index in [0.29, 0.717) is 11.4 Å². The van der Waals surface area contributed by atoms with Gasteiger partial charge in [-0.2, -0.15) is 13.2 Å². The molecular weight excluding hydrogens is 391 g/mol. The van der Waals surface area contributed by atoms with Crippen LogP contribution in [0.25, 0.3) is 17.0 Å². The molecule has 0 aliphatic rings. The molecule has 8 heteroatoms. The van der Waals surface area contributed by atoms with Crippen molar-refractivity contribution in [2.24, 2.45) is 0 Å². The fraction of sp³-hybridized carbons (Fsp3) is 0.111. The van der Waals surface area contributed by atoms with Gasteiger partial charge in [-0.25, -0.2) is 4.39 Å². The summed E-state index contributed by atoms with van der Waals surface area (Å²) in [5.74, 6) is -2.47. The number of alkyl halides is 3. The van der Waals surface area contributed by atoms with E-state index in [2.05, 4.69) is 4.98 Å². The van der Waals surface area contributed by atoms with Crippen LogP contribution in [0.2, 0.25) is 10.0 Å². The second kappa shape index (κ2) is 6.85. The molecule has 0 spiro atoms. The number of fused-ring (bicyclic) bond motifs is 1. The Bertz CT molecular complexity index is 970. The summed E-state index contributed by atoms with van der Waals surface area (Å²) in [5, 5.41) is -0.139. The largest absolute Gasteiger partial charge is 0.399 e. The van der Waals surface area contributed by atoms with Crippen LogP contribution in [0.15, 0.2) is 42.5 Å². The summed E-state index contributed by atoms with van der Waals surface area (Å²) < 4.78 is 53.9. The zero-order valence-electron chi connectivity index (χ0n) is 13.0. The van der Waals surface area contributed by atoms with Crippen LogP contribution >= 0.6 is 23.2 Å². The lowest BCUT2D eigenvalue weighted by molar-refractivity contribution is -0.139. The number of anilines is 1. The molecule has 0 radical (unpaired) electrons. The molecule has 3 rings (SSSR count). The molecule has 26 heavy (non-hydrogen) atoms. The summed E-state index contributed by atoms with van der Waals surface area (Å²) in [6.07, 6.45) is -2.27. The Balaban J connectivity index is 1.99. The van der Waals surface area contributed by atoms with Crippen molar-refractivity contribution < 1.29 is 17.6 Å². The summed E-state index contributed by atoms with van der Waals surface area (Å²) in [6, 6.07) is 8.64. The van der Waals surface area contributed by atoms with E-state index in [9.17, 15) is 17.6 Å². The summed E-state index contributed by atoms with van der Waals surface area (Å²) in [4.78, 5) is 2.93. The Kier molecular flexibility index (Phi) is 4.90. The second-order valence-corrected chi connectivity index (χ2v) is 6.56. The Labute approximate surface area is 156 Å². The van der Waals surface area contributed by atoms with Gasteiger partial charge in [0.2, 0.25) is 0 Å². The van der Waals surface area contributed by atoms with Crippen molar-refractivity contribution >= 4 is 46.0 Å². The van der Waals surface area contributed by atoms with Gasteiger partial charge in [0.05, 0.1) is 16.0 Å². The smallest absolute Gasteiger partial charge is 0.385 e. The van der Waals surface area contributed by atoms with Gasteiger partial charge in [0.1, 0.15) is 5.82 Å². The quantitative estimate of drug-likeness (QED) is 0.378. The van der Waals surface area contributed by atoms with E-state index in [1.165, 1.54) is 6.08 Å². The van der Waals surface area contributed by atoms with E-state index < -0.39 is 28.0 Å². The number of nitrogens with two attached hydrogens (primary N) is 1. The van der Waals surface area contributed by atoms with Gasteiger partial charge in [-0.15, -0.1) is 0 Å². The number of aromatic nitrogens is 1. The highest BCUT2D eigenvalue weighted by Crippen LogP contribution is 2.39. The van der Waals surface area contributed by atoms with E-state index in [-0.39, 0.29) is 5.56 Å². The Morgan fingerprint density at radius 1 is 1.04 bits per heavy atom. The molecule has 3 N–H and O–H groups in total. The standard InChI is InChI=1S/C18H12Cl2F4N2/c19-13-6-10(7-14(20)17(13)21)12(18(22,23)24)3-1-9-2-4-15-11(5-9)8-16(25)26-15/h1-8,12,26H,25H2/b3-1+. The van der Waals surface area contributed by atoms with E-state index in [1.807, 2.05) is 0 Å². The molecule has 2 aromatic carbocycles. The number of allylic oxidation sites excluding steroid dienone is 1. The Morgan fingerprint density at radius 2 is 1.69 bits per heavy atom. The zero-order chi connectivity index (χ0) is 19.1. The van der Waals surface area contributed by atoms with Crippen molar-refractivity contribution in [2.45, 2.75) is 12.1 Å². The van der Waals surface area contributed by atoms with Crippen molar-refractivity contribution in [3.05, 3.63) is 69.5 Å². The van der Waals surface area contributed by atoms with Crippen LogP contribution in [0.5, 0.6) is 0 Å². The minimum Gasteiger partial charge on any atom is -0.385 e. The molecule has 0 bridgehead atoms. The second-order valence-electron chi connectivity index (χ2n) is 5.75. The molecule has 2 nitrogen and oxygen atoms in total. The first-order valence-corrected chi connectivity index (χ1v) is 8.18. The first-order valence-electron chi connectivity index (χ1n) is 7.43. The average molecular weight is 403 g/mol. The van der Waals surface area contributed by atoms with Gasteiger partial charge >= 0.3 is 6.18 Å². The highest BCUT2D eigenvalue weighted by molar-refractivity contribution is 6.35. The molecule has 0 saturated heterocycles. The molecule has 136 valence electrons. The van der Waals surface area contributed by atoms with Crippen LogP contribution in [-0.4, -0.2) is 11.2 Å². The molecule has 0 amide bonds. The van der Waals surface area contributed by atoms with Crippen LogP contribution in [-0.2, 0) is 0 Å². The Morgan fingerprint density at radius 3 is 2.31 bits per heavy atom. The minimum absolute atomic E-state index is 0.239. The molecule has 0 fully saturated rings. The number of halogens is 6. The van der Waals surface area contributed by atoms with Crippen LogP contribution < -0.4 is 5.73 Å². The summed E-state index contributed by atoms with van der Waals surface area (Å²) in [6.45, 7) is 0. The van der Waals surface area contributed by atoms with E-state index in [1.54, 1.807) is 24.3 Å². The average Bonchev–Trinajstić information content (AvgIpc) is 2.90. The number of benzene rings is 2. The van der Waals surface area contributed by atoms with Gasteiger partial charge < -0.3 is 10.7 Å². The van der Waals surface area contributed by atoms with Gasteiger partial charge in [-0.05, 0) is 41.5 Å². The highest BCUT2D eigenvalue weighted by Gasteiger charge is 2.39. The fourth-order valence-corrected chi connectivity index (χ4v) is 3.15. The van der Waals surface area contributed by atoms with Gasteiger partial charge in [-0.3, -0.25) is 0 Å². The summed E-state index contributed by atoms with van der Waals surface area (Å²) in [7, 11) is 0. The van der Waals surface area contributed by atoms with Crippen LogP contribution in [0.3, 0.4) is 0 Å². The topological polar surface area (TPSA) is 41.8 Å². The molecule has 0 aliphatic heterocycles. The summed E-state index contributed by atoms with van der Waals surface area (Å²) in [5.41, 5.74) is 6.76. The lowest BCUT2D eigenvalue weighted by Crippen LogP contribution is -2.19. The molecule has 1 heterocycles. The maximum Gasteiger partial charge on any atom is 0.399 e. The van der Waals surface area contributed by atoms with Crippen molar-refractivity contribution in [2.75, 3.05) is 5.73 Å². The van der Waals surface area contributed by atoms with Crippen molar-refractivity contribution in [3.63, 3.8) is 0 Å². The molecule has 0 saturated carbocycles. The third kappa shape index (κ3) is 3.81. The normalized spacial score (nSPS) is 13.6. The molecule has 0 aliphatic carbocycles. The number of nitrogen functional groups attached to an aromatic ring is 1. The van der Waals surface area contributed by atoms with Gasteiger partial charge in [0, 0.05) is 10.9 Å². The molecule has 1 unspecified atom stereocenters. The lowest BCUT2D eigenvalue weighted by Gasteiger charge is -2.18. The third-order valence-corrected chi connectivity index (χ3v) is 4.41. The predicted octanol–water partition coefficient (Wildman–Crippen LogP) is 6.56. The number of hydrogen-bond acceptors (Lipinski definition) is 1. The molecule has 1 atom stereocenters. The van der Waals surface area contributed by atoms with E-state index >= 15 is 0 Å². The first-order chi connectivity index (χ1) is 12.1. The SMILES string of the molecule is Nc1cc2cc(/C=C/C(c3cc(Cl)c(F)c(Cl)c3)C(F)(F)F)ccc2[nH]1. The number of aromatic amines is 1. The third-order valence-electron chi connectivity index (χ3n) is 3.86. The van der Waals surface area contributed by atoms with Gasteiger partial charge in [-0.1, -0.05) is 41.4 Å². The van der Waals surface area contributed by atoms with Crippen LogP contribution in [0.1, 0.15) is 17.0 Å². The van der Waals surface area contributed by atoms with Crippen LogP contribution in [0.4, 0.5) is 23.4 Å². The van der Waals surface area contributed by atoms with E-state index in [0.717, 1.165) is 29.1 Å². The van der Waals surface area contributed by atoms with Gasteiger partial charge in [0.15, 0.2) is 5.82 Å². The van der Waals surface area contributed by atoms with Crippen molar-refractivity contribution in [3.8, 4) is 0 Å². The minimum atomic E-state index is -4.59. The monoisotopic (exact) mass is 402 g/mol. The molecule has 1 aromatic heterocycles. The zero-order valence-corrected chi connectivity index (χ0v) is 14.6. The number of nitrogens with one attached hydrogen (secondary N) is 1. The number of hydrogen-bond donors (Lipinski definition) is 2. The van der Waals surface area contributed by atoms with Crippen molar-refractivity contribution in [1.82, 2.24) is 4.98 Å². The molecular formula is C18H12Cl2F4N2.